The van der Waals surface area contributed by atoms with Crippen LogP contribution in [0.2, 0.25) is 0 Å². The average Bonchev–Trinajstić information content (AvgIpc) is 2.82. The third-order valence-corrected chi connectivity index (χ3v) is 4.79. The van der Waals surface area contributed by atoms with E-state index in [0.717, 1.165) is 16.3 Å². The van der Waals surface area contributed by atoms with Crippen LogP contribution in [-0.4, -0.2) is 46.0 Å². The van der Waals surface area contributed by atoms with E-state index >= 15 is 0 Å². The molecule has 2 aromatic carbocycles. The zero-order valence-electron chi connectivity index (χ0n) is 13.1. The van der Waals surface area contributed by atoms with Gasteiger partial charge in [0, 0.05) is 13.0 Å². The summed E-state index contributed by atoms with van der Waals surface area (Å²) >= 11 is 0. The van der Waals surface area contributed by atoms with Gasteiger partial charge < -0.3 is 20.7 Å². The lowest BCUT2D eigenvalue weighted by Gasteiger charge is -2.27. The third-order valence-electron chi connectivity index (χ3n) is 4.79. The Morgan fingerprint density at radius 2 is 1.96 bits per heavy atom. The van der Waals surface area contributed by atoms with Gasteiger partial charge >= 0.3 is 7.12 Å². The first-order valence-corrected chi connectivity index (χ1v) is 7.85. The van der Waals surface area contributed by atoms with Crippen molar-refractivity contribution in [2.75, 3.05) is 6.54 Å². The zero-order valence-corrected chi connectivity index (χ0v) is 13.1. The van der Waals surface area contributed by atoms with E-state index < -0.39 is 18.6 Å². The molecule has 1 amide bonds. The lowest BCUT2D eigenvalue weighted by Crippen LogP contribution is -2.54. The maximum atomic E-state index is 12.7. The second-order valence-electron chi connectivity index (χ2n) is 6.37. The summed E-state index contributed by atoms with van der Waals surface area (Å²) in [5.74, 6) is -0.869. The monoisotopic (exact) mass is 312 g/mol. The van der Waals surface area contributed by atoms with Gasteiger partial charge in [0.2, 0.25) is 5.91 Å². The summed E-state index contributed by atoms with van der Waals surface area (Å²) in [6.07, 6.45) is 0.948. The Morgan fingerprint density at radius 3 is 2.70 bits per heavy atom. The van der Waals surface area contributed by atoms with Crippen molar-refractivity contribution in [3.63, 3.8) is 0 Å². The average molecular weight is 312 g/mol. The summed E-state index contributed by atoms with van der Waals surface area (Å²) in [6, 6.07) is 14.0. The molecule has 0 aromatic heterocycles. The zero-order chi connectivity index (χ0) is 16.6. The van der Waals surface area contributed by atoms with Gasteiger partial charge in [-0.25, -0.2) is 0 Å². The number of carbonyl (C=O) groups excluding carboxylic acids is 1. The number of hydrogen-bond donors (Lipinski definition) is 3. The molecule has 23 heavy (non-hydrogen) atoms. The minimum atomic E-state index is -1.56. The molecule has 5 nitrogen and oxygen atoms in total. The van der Waals surface area contributed by atoms with E-state index in [1.54, 1.807) is 6.92 Å². The summed E-state index contributed by atoms with van der Waals surface area (Å²) in [5, 5.41) is 20.9. The smallest absolute Gasteiger partial charge is 0.426 e. The number of fused-ring (bicyclic) bond motifs is 1. The lowest BCUT2D eigenvalue weighted by molar-refractivity contribution is -0.133. The van der Waals surface area contributed by atoms with Crippen LogP contribution in [0.15, 0.2) is 42.5 Å². The van der Waals surface area contributed by atoms with E-state index in [4.69, 9.17) is 5.73 Å². The molecule has 2 aromatic rings. The normalized spacial score (nSPS) is 22.6. The molecule has 0 unspecified atom stereocenters. The van der Waals surface area contributed by atoms with Gasteiger partial charge in [0.1, 0.15) is 5.54 Å². The number of nitrogens with zero attached hydrogens (tertiary/aromatic N) is 1. The lowest BCUT2D eigenvalue weighted by atomic mass is 9.79. The second-order valence-corrected chi connectivity index (χ2v) is 6.37. The molecular weight excluding hydrogens is 291 g/mol. The highest BCUT2D eigenvalue weighted by Gasteiger charge is 2.46. The van der Waals surface area contributed by atoms with Crippen LogP contribution in [0.5, 0.6) is 0 Å². The molecule has 0 aliphatic carbocycles. The number of carbonyl (C=O) groups is 1. The standard InChI is InChI=1S/C17H21BN2O3/c1-12(18(22)23)20-10-9-17(19,16(20)21)11-14-7-4-6-13-5-2-3-8-15(13)14/h2-8,12,22-23H,9-11,19H2,1H3/t12-,17-/m0/s1. The minimum absolute atomic E-state index is 0.217. The molecule has 1 aliphatic heterocycles. The first-order chi connectivity index (χ1) is 10.9. The van der Waals surface area contributed by atoms with Crippen molar-refractivity contribution < 1.29 is 14.8 Å². The van der Waals surface area contributed by atoms with Gasteiger partial charge in [0.05, 0.1) is 5.94 Å². The van der Waals surface area contributed by atoms with E-state index in [-0.39, 0.29) is 5.91 Å². The molecule has 1 saturated heterocycles. The number of hydrogen-bond acceptors (Lipinski definition) is 4. The van der Waals surface area contributed by atoms with Gasteiger partial charge in [-0.3, -0.25) is 4.79 Å². The van der Waals surface area contributed by atoms with Crippen molar-refractivity contribution >= 4 is 23.8 Å². The van der Waals surface area contributed by atoms with Crippen LogP contribution in [0, 0.1) is 0 Å². The molecule has 3 rings (SSSR count). The van der Waals surface area contributed by atoms with E-state index in [9.17, 15) is 14.8 Å². The molecular formula is C17H21BN2O3. The van der Waals surface area contributed by atoms with Crippen molar-refractivity contribution in [3.05, 3.63) is 48.0 Å². The molecule has 1 heterocycles. The number of nitrogens with two attached hydrogens (primary N) is 1. The summed E-state index contributed by atoms with van der Waals surface area (Å²) in [5.41, 5.74) is 6.45. The Balaban J connectivity index is 1.88. The molecule has 6 heteroatoms. The quantitative estimate of drug-likeness (QED) is 0.726. The van der Waals surface area contributed by atoms with Crippen LogP contribution >= 0.6 is 0 Å². The topological polar surface area (TPSA) is 86.8 Å². The van der Waals surface area contributed by atoms with E-state index in [2.05, 4.69) is 0 Å². The predicted octanol–water partition coefficient (Wildman–Crippen LogP) is 0.713. The maximum absolute atomic E-state index is 12.7. The highest BCUT2D eigenvalue weighted by molar-refractivity contribution is 6.43. The molecule has 0 bridgehead atoms. The first kappa shape index (κ1) is 16.0. The predicted molar refractivity (Wildman–Crippen MR) is 90.6 cm³/mol. The fourth-order valence-electron chi connectivity index (χ4n) is 3.31. The van der Waals surface area contributed by atoms with Crippen molar-refractivity contribution in [2.45, 2.75) is 31.2 Å². The van der Waals surface area contributed by atoms with Crippen LogP contribution in [0.4, 0.5) is 0 Å². The highest BCUT2D eigenvalue weighted by atomic mass is 16.4. The Labute approximate surface area is 135 Å². The van der Waals surface area contributed by atoms with Gasteiger partial charge in [-0.15, -0.1) is 0 Å². The number of rotatable bonds is 4. The molecule has 1 fully saturated rings. The molecule has 2 atom stereocenters. The van der Waals surface area contributed by atoms with E-state index in [0.29, 0.717) is 19.4 Å². The van der Waals surface area contributed by atoms with Gasteiger partial charge in [-0.05, 0) is 29.7 Å². The Kier molecular flexibility index (Phi) is 4.14. The number of amides is 1. The van der Waals surface area contributed by atoms with Crippen LogP contribution < -0.4 is 5.73 Å². The molecule has 0 saturated carbocycles. The summed E-state index contributed by atoms with van der Waals surface area (Å²) in [6.45, 7) is 2.06. The molecule has 120 valence electrons. The second kappa shape index (κ2) is 5.96. The van der Waals surface area contributed by atoms with Gasteiger partial charge in [-0.1, -0.05) is 42.5 Å². The molecule has 0 radical (unpaired) electrons. The van der Waals surface area contributed by atoms with E-state index in [1.807, 2.05) is 42.5 Å². The molecule has 0 spiro atoms. The van der Waals surface area contributed by atoms with Crippen molar-refractivity contribution in [2.24, 2.45) is 5.73 Å². The van der Waals surface area contributed by atoms with E-state index in [1.165, 1.54) is 4.90 Å². The fourth-order valence-corrected chi connectivity index (χ4v) is 3.31. The summed E-state index contributed by atoms with van der Waals surface area (Å²) in [7, 11) is -1.56. The summed E-state index contributed by atoms with van der Waals surface area (Å²) in [4.78, 5) is 14.2. The number of likely N-dealkylation sites (tertiary alicyclic amines) is 1. The summed E-state index contributed by atoms with van der Waals surface area (Å²) < 4.78 is 0. The third kappa shape index (κ3) is 2.85. The Hall–Kier alpha value is -1.89. The number of benzene rings is 2. The minimum Gasteiger partial charge on any atom is -0.426 e. The largest absolute Gasteiger partial charge is 0.475 e. The van der Waals surface area contributed by atoms with Gasteiger partial charge in [-0.2, -0.15) is 0 Å². The highest BCUT2D eigenvalue weighted by Crippen LogP contribution is 2.29. The first-order valence-electron chi connectivity index (χ1n) is 7.85. The van der Waals surface area contributed by atoms with Gasteiger partial charge in [0.15, 0.2) is 0 Å². The van der Waals surface area contributed by atoms with Crippen LogP contribution in [0.1, 0.15) is 18.9 Å². The Morgan fingerprint density at radius 1 is 1.26 bits per heavy atom. The van der Waals surface area contributed by atoms with Gasteiger partial charge in [0.25, 0.3) is 0 Å². The maximum Gasteiger partial charge on any atom is 0.475 e. The Bertz CT molecular complexity index is 731. The molecule has 4 N–H and O–H groups in total. The van der Waals surface area contributed by atoms with Crippen LogP contribution in [0.3, 0.4) is 0 Å². The van der Waals surface area contributed by atoms with Crippen molar-refractivity contribution in [1.82, 2.24) is 4.90 Å². The molecule has 1 aliphatic rings. The SMILES string of the molecule is C[C@@H](B(O)O)N1CC[C@](N)(Cc2cccc3ccccc23)C1=O. The van der Waals surface area contributed by atoms with Crippen molar-refractivity contribution in [1.29, 1.82) is 0 Å². The van der Waals surface area contributed by atoms with Crippen LogP contribution in [-0.2, 0) is 11.2 Å². The van der Waals surface area contributed by atoms with Crippen LogP contribution in [0.25, 0.3) is 10.8 Å². The fraction of sp³-hybridized carbons (Fsp3) is 0.353. The van der Waals surface area contributed by atoms with Crippen molar-refractivity contribution in [3.8, 4) is 0 Å².